The highest BCUT2D eigenvalue weighted by Crippen LogP contribution is 2.44. The van der Waals surface area contributed by atoms with Gasteiger partial charge in [-0.1, -0.05) is 0 Å². The van der Waals surface area contributed by atoms with E-state index < -0.39 is 0 Å². The summed E-state index contributed by atoms with van der Waals surface area (Å²) < 4.78 is 22.7. The first kappa shape index (κ1) is 20.4. The third-order valence-corrected chi connectivity index (χ3v) is 5.80. The number of hydrogen-bond donors (Lipinski definition) is 1. The molecule has 0 bridgehead atoms. The van der Waals surface area contributed by atoms with Crippen LogP contribution in [0.4, 0.5) is 0 Å². The fraction of sp³-hybridized carbons (Fsp3) is 0.458. The number of hydrogen-bond acceptors (Lipinski definition) is 5. The van der Waals surface area contributed by atoms with Crippen molar-refractivity contribution >= 4 is 5.91 Å². The van der Waals surface area contributed by atoms with Crippen LogP contribution in [0.25, 0.3) is 0 Å². The van der Waals surface area contributed by atoms with Crippen molar-refractivity contribution in [2.75, 3.05) is 20.8 Å². The maximum Gasteiger partial charge on any atom is 0.228 e. The molecule has 2 aromatic rings. The van der Waals surface area contributed by atoms with Crippen molar-refractivity contribution in [2.24, 2.45) is 0 Å². The second-order valence-corrected chi connectivity index (χ2v) is 8.57. The fourth-order valence-electron chi connectivity index (χ4n) is 4.27. The fourth-order valence-corrected chi connectivity index (χ4v) is 4.27. The topological polar surface area (TPSA) is 66.0 Å². The Bertz CT molecular complexity index is 968. The lowest BCUT2D eigenvalue weighted by atomic mass is 9.91. The second kappa shape index (κ2) is 7.74. The molecule has 2 aliphatic heterocycles. The third kappa shape index (κ3) is 3.78. The summed E-state index contributed by atoms with van der Waals surface area (Å²) >= 11 is 0. The van der Waals surface area contributed by atoms with Gasteiger partial charge in [0.15, 0.2) is 11.5 Å². The summed E-state index contributed by atoms with van der Waals surface area (Å²) in [5.41, 5.74) is 2.72. The van der Waals surface area contributed by atoms with Crippen LogP contribution in [0.1, 0.15) is 55.8 Å². The SMILES string of the molecule is COc1ccc2c(c1)C(C(=O)NC(C)c1cc3c(c(OC)c1)OC(C)(C)C3)CCO2. The molecular formula is C24H29NO5. The number of carbonyl (C=O) groups is 1. The molecular weight excluding hydrogens is 382 g/mol. The zero-order valence-corrected chi connectivity index (χ0v) is 18.2. The van der Waals surface area contributed by atoms with E-state index in [9.17, 15) is 4.79 Å². The Labute approximate surface area is 177 Å². The van der Waals surface area contributed by atoms with Gasteiger partial charge in [-0.2, -0.15) is 0 Å². The number of nitrogens with one attached hydrogen (secondary N) is 1. The first-order valence-corrected chi connectivity index (χ1v) is 10.3. The number of methoxy groups -OCH3 is 2. The van der Waals surface area contributed by atoms with Crippen LogP contribution in [0, 0.1) is 0 Å². The van der Waals surface area contributed by atoms with E-state index in [1.165, 1.54) is 0 Å². The van der Waals surface area contributed by atoms with E-state index in [0.29, 0.717) is 18.8 Å². The Morgan fingerprint density at radius 1 is 1.20 bits per heavy atom. The number of carbonyl (C=O) groups excluding carboxylic acids is 1. The van der Waals surface area contributed by atoms with Crippen LogP contribution in [-0.2, 0) is 11.2 Å². The summed E-state index contributed by atoms with van der Waals surface area (Å²) in [4.78, 5) is 13.2. The number of benzene rings is 2. The first-order chi connectivity index (χ1) is 14.3. The number of fused-ring (bicyclic) bond motifs is 2. The number of rotatable bonds is 5. The lowest BCUT2D eigenvalue weighted by Crippen LogP contribution is -2.34. The Morgan fingerprint density at radius 2 is 2.00 bits per heavy atom. The van der Waals surface area contributed by atoms with Crippen LogP contribution in [-0.4, -0.2) is 32.3 Å². The minimum atomic E-state index is -0.273. The van der Waals surface area contributed by atoms with Gasteiger partial charge >= 0.3 is 0 Å². The molecule has 0 aliphatic carbocycles. The van der Waals surface area contributed by atoms with Crippen LogP contribution in [0.5, 0.6) is 23.0 Å². The van der Waals surface area contributed by atoms with Crippen molar-refractivity contribution in [1.82, 2.24) is 5.32 Å². The summed E-state index contributed by atoms with van der Waals surface area (Å²) in [7, 11) is 3.26. The predicted molar refractivity (Wildman–Crippen MR) is 114 cm³/mol. The lowest BCUT2D eigenvalue weighted by Gasteiger charge is -2.27. The molecule has 2 unspecified atom stereocenters. The molecule has 0 aromatic heterocycles. The Hall–Kier alpha value is -2.89. The zero-order valence-electron chi connectivity index (χ0n) is 18.2. The molecule has 0 spiro atoms. The lowest BCUT2D eigenvalue weighted by molar-refractivity contribution is -0.123. The average Bonchev–Trinajstić information content (AvgIpc) is 3.05. The van der Waals surface area contributed by atoms with Crippen LogP contribution < -0.4 is 24.3 Å². The Balaban J connectivity index is 1.56. The van der Waals surface area contributed by atoms with Gasteiger partial charge in [0.25, 0.3) is 0 Å². The standard InChI is InChI=1S/C24H29NO5/c1-14(15-10-16-13-24(2,3)30-22(16)21(11-15)28-5)25-23(26)18-8-9-29-20-7-6-17(27-4)12-19(18)20/h6-7,10-12,14,18H,8-9,13H2,1-5H3,(H,25,26). The average molecular weight is 411 g/mol. The Kier molecular flexibility index (Phi) is 5.26. The van der Waals surface area contributed by atoms with Crippen LogP contribution in [0.3, 0.4) is 0 Å². The van der Waals surface area contributed by atoms with Gasteiger partial charge in [-0.25, -0.2) is 0 Å². The normalized spacial score (nSPS) is 19.6. The smallest absolute Gasteiger partial charge is 0.228 e. The number of amides is 1. The van der Waals surface area contributed by atoms with Crippen molar-refractivity contribution in [1.29, 1.82) is 0 Å². The molecule has 0 fully saturated rings. The van der Waals surface area contributed by atoms with Crippen molar-refractivity contribution in [3.63, 3.8) is 0 Å². The van der Waals surface area contributed by atoms with Gasteiger partial charge in [-0.15, -0.1) is 0 Å². The molecule has 0 saturated carbocycles. The van der Waals surface area contributed by atoms with E-state index in [2.05, 4.69) is 25.2 Å². The summed E-state index contributed by atoms with van der Waals surface area (Å²) in [5.74, 6) is 2.68. The third-order valence-electron chi connectivity index (χ3n) is 5.80. The van der Waals surface area contributed by atoms with Gasteiger partial charge in [0, 0.05) is 17.5 Å². The maximum absolute atomic E-state index is 13.2. The molecule has 160 valence electrons. The van der Waals surface area contributed by atoms with Gasteiger partial charge in [0.05, 0.1) is 32.8 Å². The van der Waals surface area contributed by atoms with E-state index >= 15 is 0 Å². The van der Waals surface area contributed by atoms with Gasteiger partial charge in [-0.3, -0.25) is 4.79 Å². The molecule has 30 heavy (non-hydrogen) atoms. The highest BCUT2D eigenvalue weighted by Gasteiger charge is 2.34. The summed E-state index contributed by atoms with van der Waals surface area (Å²) in [6, 6.07) is 9.50. The molecule has 6 heteroatoms. The van der Waals surface area contributed by atoms with E-state index in [1.807, 2.05) is 31.2 Å². The highest BCUT2D eigenvalue weighted by atomic mass is 16.5. The summed E-state index contributed by atoms with van der Waals surface area (Å²) in [5, 5.41) is 3.18. The molecule has 2 aliphatic rings. The number of ether oxygens (including phenoxy) is 4. The maximum atomic E-state index is 13.2. The van der Waals surface area contributed by atoms with Gasteiger partial charge < -0.3 is 24.3 Å². The minimum absolute atomic E-state index is 0.0173. The highest BCUT2D eigenvalue weighted by molar-refractivity contribution is 5.85. The van der Waals surface area contributed by atoms with Gasteiger partial charge in [-0.05, 0) is 63.1 Å². The second-order valence-electron chi connectivity index (χ2n) is 8.57. The molecule has 0 saturated heterocycles. The summed E-state index contributed by atoms with van der Waals surface area (Å²) in [6.45, 7) is 6.64. The molecule has 1 N–H and O–H groups in total. The molecule has 1 amide bonds. The van der Waals surface area contributed by atoms with Crippen LogP contribution in [0.15, 0.2) is 30.3 Å². The van der Waals surface area contributed by atoms with Crippen molar-refractivity contribution in [2.45, 2.75) is 51.2 Å². The zero-order chi connectivity index (χ0) is 21.5. The molecule has 0 radical (unpaired) electrons. The van der Waals surface area contributed by atoms with E-state index in [4.69, 9.17) is 18.9 Å². The molecule has 2 atom stereocenters. The predicted octanol–water partition coefficient (Wildman–Crippen LogP) is 4.16. The van der Waals surface area contributed by atoms with Crippen molar-refractivity contribution in [3.05, 3.63) is 47.0 Å². The molecule has 6 nitrogen and oxygen atoms in total. The molecule has 4 rings (SSSR count). The van der Waals surface area contributed by atoms with Crippen LogP contribution in [0.2, 0.25) is 0 Å². The van der Waals surface area contributed by atoms with Gasteiger partial charge in [0.2, 0.25) is 5.91 Å². The van der Waals surface area contributed by atoms with Crippen molar-refractivity contribution < 1.29 is 23.7 Å². The minimum Gasteiger partial charge on any atom is -0.497 e. The molecule has 2 aromatic carbocycles. The van der Waals surface area contributed by atoms with E-state index in [-0.39, 0.29) is 23.5 Å². The van der Waals surface area contributed by atoms with Crippen LogP contribution >= 0.6 is 0 Å². The first-order valence-electron chi connectivity index (χ1n) is 10.3. The monoisotopic (exact) mass is 411 g/mol. The van der Waals surface area contributed by atoms with E-state index in [0.717, 1.165) is 40.4 Å². The van der Waals surface area contributed by atoms with Gasteiger partial charge in [0.1, 0.15) is 17.1 Å². The van der Waals surface area contributed by atoms with E-state index in [1.54, 1.807) is 14.2 Å². The Morgan fingerprint density at radius 3 is 2.73 bits per heavy atom. The van der Waals surface area contributed by atoms with Crippen molar-refractivity contribution in [3.8, 4) is 23.0 Å². The molecule has 2 heterocycles. The largest absolute Gasteiger partial charge is 0.497 e. The summed E-state index contributed by atoms with van der Waals surface area (Å²) in [6.07, 6.45) is 1.44. The quantitative estimate of drug-likeness (QED) is 0.800.